The van der Waals surface area contributed by atoms with Crippen LogP contribution in [0.1, 0.15) is 30.2 Å². The van der Waals surface area contributed by atoms with Crippen molar-refractivity contribution in [3.05, 3.63) is 71.8 Å². The van der Waals surface area contributed by atoms with Crippen LogP contribution < -0.4 is 14.8 Å². The molecule has 1 amide bonds. The van der Waals surface area contributed by atoms with Gasteiger partial charge in [-0.1, -0.05) is 30.3 Å². The molecule has 0 fully saturated rings. The molecule has 1 aliphatic heterocycles. The maximum atomic E-state index is 12.4. The maximum absolute atomic E-state index is 12.4. The molecule has 0 spiro atoms. The van der Waals surface area contributed by atoms with Crippen molar-refractivity contribution in [3.63, 3.8) is 0 Å². The fraction of sp³-hybridized carbons (Fsp3) is 0.375. The first kappa shape index (κ1) is 21.8. The number of hydrogen-bond donors (Lipinski definition) is 1. The van der Waals surface area contributed by atoms with Gasteiger partial charge in [-0.25, -0.2) is 0 Å². The average Bonchev–Trinajstić information content (AvgIpc) is 3.13. The Morgan fingerprint density at radius 2 is 1.88 bits per heavy atom. The second-order valence-electron chi connectivity index (χ2n) is 7.89. The van der Waals surface area contributed by atoms with Crippen LogP contribution in [-0.2, 0) is 24.3 Å². The zero-order valence-corrected chi connectivity index (χ0v) is 18.5. The SMILES string of the molecule is COc1cccc(CN2CCc3nnc(C(C)NC(=O)COc4ccccc4)n3CC2)c1. The molecule has 1 N–H and O–H groups in total. The minimum absolute atomic E-state index is 0.0380. The molecule has 8 nitrogen and oxygen atoms in total. The summed E-state index contributed by atoms with van der Waals surface area (Å²) in [7, 11) is 1.69. The van der Waals surface area contributed by atoms with Crippen LogP contribution in [0.3, 0.4) is 0 Å². The molecule has 4 rings (SSSR count). The molecule has 3 aromatic rings. The smallest absolute Gasteiger partial charge is 0.258 e. The number of methoxy groups -OCH3 is 1. The van der Waals surface area contributed by atoms with Crippen LogP contribution in [0.15, 0.2) is 54.6 Å². The van der Waals surface area contributed by atoms with E-state index in [1.165, 1.54) is 5.56 Å². The Labute approximate surface area is 188 Å². The summed E-state index contributed by atoms with van der Waals surface area (Å²) in [6.45, 7) is 5.31. The van der Waals surface area contributed by atoms with Gasteiger partial charge in [0.2, 0.25) is 0 Å². The van der Waals surface area contributed by atoms with E-state index >= 15 is 0 Å². The van der Waals surface area contributed by atoms with Crippen LogP contribution in [0.5, 0.6) is 11.5 Å². The summed E-state index contributed by atoms with van der Waals surface area (Å²) in [5.74, 6) is 3.08. The molecular weight excluding hydrogens is 406 g/mol. The zero-order chi connectivity index (χ0) is 22.3. The number of carbonyl (C=O) groups is 1. The summed E-state index contributed by atoms with van der Waals surface area (Å²) in [4.78, 5) is 14.8. The van der Waals surface area contributed by atoms with E-state index in [1.54, 1.807) is 7.11 Å². The number of rotatable bonds is 8. The van der Waals surface area contributed by atoms with Crippen LogP contribution in [0.25, 0.3) is 0 Å². The number of aromatic nitrogens is 3. The Kier molecular flexibility index (Phi) is 7.01. The van der Waals surface area contributed by atoms with Gasteiger partial charge in [0.25, 0.3) is 5.91 Å². The van der Waals surface area contributed by atoms with Gasteiger partial charge in [-0.05, 0) is 36.8 Å². The third-order valence-electron chi connectivity index (χ3n) is 5.57. The van der Waals surface area contributed by atoms with Crippen molar-refractivity contribution in [2.75, 3.05) is 26.8 Å². The second-order valence-corrected chi connectivity index (χ2v) is 7.89. The highest BCUT2D eigenvalue weighted by Gasteiger charge is 2.23. The van der Waals surface area contributed by atoms with Crippen LogP contribution in [0.4, 0.5) is 0 Å². The summed E-state index contributed by atoms with van der Waals surface area (Å²) < 4.78 is 13.0. The molecule has 1 aromatic heterocycles. The van der Waals surface area contributed by atoms with E-state index in [9.17, 15) is 4.79 Å². The molecule has 2 aromatic carbocycles. The van der Waals surface area contributed by atoms with Crippen molar-refractivity contribution in [2.45, 2.75) is 32.5 Å². The first-order chi connectivity index (χ1) is 15.6. The lowest BCUT2D eigenvalue weighted by atomic mass is 10.2. The monoisotopic (exact) mass is 435 g/mol. The summed E-state index contributed by atoms with van der Waals surface area (Å²) in [6.07, 6.45) is 0.814. The summed E-state index contributed by atoms with van der Waals surface area (Å²) in [5, 5.41) is 11.7. The highest BCUT2D eigenvalue weighted by Crippen LogP contribution is 2.18. The van der Waals surface area contributed by atoms with E-state index in [1.807, 2.05) is 49.4 Å². The molecule has 0 aliphatic carbocycles. The molecule has 0 radical (unpaired) electrons. The van der Waals surface area contributed by atoms with Gasteiger partial charge in [0, 0.05) is 32.6 Å². The summed E-state index contributed by atoms with van der Waals surface area (Å²) in [6, 6.07) is 17.2. The molecule has 0 bridgehead atoms. The lowest BCUT2D eigenvalue weighted by Crippen LogP contribution is -2.33. The lowest BCUT2D eigenvalue weighted by molar-refractivity contribution is -0.123. The third-order valence-corrected chi connectivity index (χ3v) is 5.57. The summed E-state index contributed by atoms with van der Waals surface area (Å²) >= 11 is 0. The van der Waals surface area contributed by atoms with Crippen LogP contribution in [-0.4, -0.2) is 52.4 Å². The number of ether oxygens (including phenoxy) is 2. The summed E-state index contributed by atoms with van der Waals surface area (Å²) in [5.41, 5.74) is 1.22. The van der Waals surface area contributed by atoms with Crippen LogP contribution in [0, 0.1) is 0 Å². The normalized spacial score (nSPS) is 14.8. The Bertz CT molecular complexity index is 1040. The van der Waals surface area contributed by atoms with Crippen molar-refractivity contribution in [1.82, 2.24) is 25.0 Å². The Hall–Kier alpha value is -3.39. The Morgan fingerprint density at radius 1 is 1.06 bits per heavy atom. The van der Waals surface area contributed by atoms with Crippen molar-refractivity contribution in [3.8, 4) is 11.5 Å². The Balaban J connectivity index is 1.33. The van der Waals surface area contributed by atoms with E-state index < -0.39 is 0 Å². The van der Waals surface area contributed by atoms with E-state index in [0.29, 0.717) is 5.75 Å². The van der Waals surface area contributed by atoms with Gasteiger partial charge in [-0.2, -0.15) is 0 Å². The van der Waals surface area contributed by atoms with E-state index in [4.69, 9.17) is 9.47 Å². The quantitative estimate of drug-likeness (QED) is 0.586. The molecule has 8 heteroatoms. The number of nitrogens with one attached hydrogen (secondary N) is 1. The fourth-order valence-corrected chi connectivity index (χ4v) is 3.91. The molecule has 1 atom stereocenters. The van der Waals surface area contributed by atoms with Gasteiger partial charge < -0.3 is 19.4 Å². The number of hydrogen-bond acceptors (Lipinski definition) is 6. The Morgan fingerprint density at radius 3 is 2.69 bits per heavy atom. The topological polar surface area (TPSA) is 81.5 Å². The van der Waals surface area contributed by atoms with Gasteiger partial charge in [0.05, 0.1) is 13.2 Å². The van der Waals surface area contributed by atoms with Gasteiger partial charge in [0.15, 0.2) is 12.4 Å². The number of benzene rings is 2. The molecule has 1 aliphatic rings. The first-order valence-electron chi connectivity index (χ1n) is 10.9. The van der Waals surface area contributed by atoms with E-state index in [0.717, 1.165) is 50.0 Å². The predicted molar refractivity (Wildman–Crippen MR) is 120 cm³/mol. The number of amides is 1. The van der Waals surface area contributed by atoms with Crippen LogP contribution >= 0.6 is 0 Å². The molecule has 0 saturated carbocycles. The first-order valence-corrected chi connectivity index (χ1v) is 10.9. The number of nitrogens with zero attached hydrogens (tertiary/aromatic N) is 4. The minimum Gasteiger partial charge on any atom is -0.497 e. The van der Waals surface area contributed by atoms with Crippen molar-refractivity contribution >= 4 is 5.91 Å². The van der Waals surface area contributed by atoms with E-state index in [-0.39, 0.29) is 18.6 Å². The maximum Gasteiger partial charge on any atom is 0.258 e. The van der Waals surface area contributed by atoms with Crippen molar-refractivity contribution in [1.29, 1.82) is 0 Å². The number of fused-ring (bicyclic) bond motifs is 1. The van der Waals surface area contributed by atoms with Gasteiger partial charge in [-0.3, -0.25) is 9.69 Å². The molecule has 0 saturated heterocycles. The van der Waals surface area contributed by atoms with Crippen molar-refractivity contribution < 1.29 is 14.3 Å². The number of carbonyl (C=O) groups excluding carboxylic acids is 1. The van der Waals surface area contributed by atoms with Crippen LogP contribution in [0.2, 0.25) is 0 Å². The highest BCUT2D eigenvalue weighted by atomic mass is 16.5. The number of para-hydroxylation sites is 1. The van der Waals surface area contributed by atoms with Gasteiger partial charge in [-0.15, -0.1) is 10.2 Å². The average molecular weight is 436 g/mol. The molecular formula is C24H29N5O3. The van der Waals surface area contributed by atoms with Crippen molar-refractivity contribution in [2.24, 2.45) is 0 Å². The van der Waals surface area contributed by atoms with E-state index in [2.05, 4.69) is 37.1 Å². The zero-order valence-electron chi connectivity index (χ0n) is 18.5. The molecule has 168 valence electrons. The largest absolute Gasteiger partial charge is 0.497 e. The molecule has 32 heavy (non-hydrogen) atoms. The lowest BCUT2D eigenvalue weighted by Gasteiger charge is -2.20. The van der Waals surface area contributed by atoms with Gasteiger partial charge in [0.1, 0.15) is 17.3 Å². The minimum atomic E-state index is -0.256. The molecule has 1 unspecified atom stereocenters. The standard InChI is InChI=1S/C24H29N5O3/c1-18(25-23(30)17-32-20-8-4-3-5-9-20)24-27-26-22-11-12-28(13-14-29(22)24)16-19-7-6-10-21(15-19)31-2/h3-10,15,18H,11-14,16-17H2,1-2H3,(H,25,30). The van der Waals surface area contributed by atoms with Gasteiger partial charge >= 0.3 is 0 Å². The predicted octanol–water partition coefficient (Wildman–Crippen LogP) is 2.60. The molecule has 2 heterocycles. The third kappa shape index (κ3) is 5.45. The fourth-order valence-electron chi connectivity index (χ4n) is 3.91. The second kappa shape index (κ2) is 10.3. The highest BCUT2D eigenvalue weighted by molar-refractivity contribution is 5.77.